The zero-order valence-electron chi connectivity index (χ0n) is 15.1. The van der Waals surface area contributed by atoms with Gasteiger partial charge in [-0.25, -0.2) is 8.93 Å². The number of aromatic amines is 1. The molecule has 3 heterocycles. The monoisotopic (exact) mass is 437 g/mol. The maximum Gasteiger partial charge on any atom is 0.406 e. The largest absolute Gasteiger partial charge is 0.406 e. The van der Waals surface area contributed by atoms with Crippen molar-refractivity contribution in [2.75, 3.05) is 0 Å². The van der Waals surface area contributed by atoms with Crippen LogP contribution in [0.15, 0.2) is 47.7 Å². The van der Waals surface area contributed by atoms with Gasteiger partial charge in [0.1, 0.15) is 6.54 Å². The average molecular weight is 437 g/mol. The molecule has 0 saturated heterocycles. The third kappa shape index (κ3) is 3.84. The van der Waals surface area contributed by atoms with Crippen molar-refractivity contribution in [3.05, 3.63) is 58.8 Å². The molecule has 8 nitrogen and oxygen atoms in total. The van der Waals surface area contributed by atoms with Gasteiger partial charge in [-0.2, -0.15) is 18.3 Å². The second-order valence-electron chi connectivity index (χ2n) is 6.50. The lowest BCUT2D eigenvalue weighted by atomic mass is 9.99. The number of fused-ring (bicyclic) bond motifs is 3. The molecule has 30 heavy (non-hydrogen) atoms. The number of H-pyrrole nitrogens is 1. The third-order valence-electron chi connectivity index (χ3n) is 4.61. The van der Waals surface area contributed by atoms with Gasteiger partial charge in [0.25, 0.3) is 5.56 Å². The first-order valence-electron chi connectivity index (χ1n) is 8.58. The molecule has 4 rings (SSSR count). The van der Waals surface area contributed by atoms with Crippen LogP contribution in [0.5, 0.6) is 0 Å². The smallest absolute Gasteiger partial charge is 0.298 e. The molecule has 3 aromatic heterocycles. The van der Waals surface area contributed by atoms with E-state index in [1.54, 1.807) is 18.2 Å². The fraction of sp³-hybridized carbons (Fsp3) is 0.167. The standard InChI is InChI=1S/C18H14F3N5O3S/c19-18(20,21)9-26-15-5-10(12-3-4-22-6-11(12)7-24-30(28)29)1-2-13(15)16-14(17(26)27)8-23-25-16/h1-6,8,24H,7,9H2,(H,23,25)(H,28,29). The van der Waals surface area contributed by atoms with Crippen molar-refractivity contribution >= 4 is 33.1 Å². The van der Waals surface area contributed by atoms with E-state index in [-0.39, 0.29) is 17.4 Å². The van der Waals surface area contributed by atoms with Crippen molar-refractivity contribution in [2.24, 2.45) is 0 Å². The van der Waals surface area contributed by atoms with Gasteiger partial charge in [-0.1, -0.05) is 12.1 Å². The molecule has 1 atom stereocenters. The molecule has 0 aliphatic heterocycles. The molecule has 4 aromatic rings. The zero-order chi connectivity index (χ0) is 21.5. The Morgan fingerprint density at radius 1 is 1.20 bits per heavy atom. The molecule has 0 aliphatic rings. The molecule has 0 amide bonds. The summed E-state index contributed by atoms with van der Waals surface area (Å²) in [5.74, 6) is 0. The minimum Gasteiger partial charge on any atom is -0.298 e. The number of nitrogens with one attached hydrogen (secondary N) is 2. The summed E-state index contributed by atoms with van der Waals surface area (Å²) in [5, 5.41) is 6.95. The van der Waals surface area contributed by atoms with E-state index in [1.165, 1.54) is 24.7 Å². The van der Waals surface area contributed by atoms with Crippen LogP contribution in [-0.2, 0) is 24.4 Å². The maximum atomic E-state index is 13.2. The molecule has 1 unspecified atom stereocenters. The van der Waals surface area contributed by atoms with Gasteiger partial charge in [0.15, 0.2) is 0 Å². The molecule has 0 aliphatic carbocycles. The number of aromatic nitrogens is 4. The Morgan fingerprint density at radius 2 is 2.00 bits per heavy atom. The SMILES string of the molecule is O=c1c2cn[nH]c2c2ccc(-c3ccncc3CNS(=O)O)cc2n1CC(F)(F)F. The summed E-state index contributed by atoms with van der Waals surface area (Å²) in [7, 11) is 0. The van der Waals surface area contributed by atoms with E-state index < -0.39 is 29.5 Å². The second kappa shape index (κ2) is 7.63. The lowest BCUT2D eigenvalue weighted by molar-refractivity contribution is -0.140. The number of benzene rings is 1. The number of pyridine rings is 2. The van der Waals surface area contributed by atoms with Gasteiger partial charge in [0.05, 0.1) is 22.6 Å². The Kier molecular flexibility index (Phi) is 5.13. The van der Waals surface area contributed by atoms with E-state index in [2.05, 4.69) is 19.9 Å². The number of hydrogen-bond donors (Lipinski definition) is 3. The van der Waals surface area contributed by atoms with Crippen LogP contribution >= 0.6 is 0 Å². The molecule has 12 heteroatoms. The summed E-state index contributed by atoms with van der Waals surface area (Å²) >= 11 is -2.24. The number of alkyl halides is 3. The fourth-order valence-corrected chi connectivity index (χ4v) is 3.65. The molecular formula is C18H14F3N5O3S. The Balaban J connectivity index is 1.95. The zero-order valence-corrected chi connectivity index (χ0v) is 15.9. The van der Waals surface area contributed by atoms with Crippen LogP contribution in [0.3, 0.4) is 0 Å². The van der Waals surface area contributed by atoms with Crippen molar-refractivity contribution in [3.8, 4) is 11.1 Å². The van der Waals surface area contributed by atoms with Crippen LogP contribution in [0.1, 0.15) is 5.56 Å². The van der Waals surface area contributed by atoms with Gasteiger partial charge in [-0.05, 0) is 28.8 Å². The molecule has 0 radical (unpaired) electrons. The topological polar surface area (TPSA) is 113 Å². The van der Waals surface area contributed by atoms with E-state index in [4.69, 9.17) is 4.55 Å². The molecule has 0 saturated carbocycles. The molecule has 0 bridgehead atoms. The Labute approximate surface area is 169 Å². The van der Waals surface area contributed by atoms with Crippen molar-refractivity contribution in [2.45, 2.75) is 19.3 Å². The fourth-order valence-electron chi connectivity index (χ4n) is 3.37. The predicted octanol–water partition coefficient (Wildman–Crippen LogP) is 2.73. The summed E-state index contributed by atoms with van der Waals surface area (Å²) < 4.78 is 62.5. The van der Waals surface area contributed by atoms with Crippen LogP contribution in [0.25, 0.3) is 32.9 Å². The minimum atomic E-state index is -4.60. The first kappa shape index (κ1) is 20.2. The lowest BCUT2D eigenvalue weighted by Crippen LogP contribution is -2.28. The molecule has 0 fully saturated rings. The Hall–Kier alpha value is -3.09. The highest BCUT2D eigenvalue weighted by Gasteiger charge is 2.30. The highest BCUT2D eigenvalue weighted by atomic mass is 32.2. The summed E-state index contributed by atoms with van der Waals surface area (Å²) in [4.78, 5) is 16.7. The number of halogens is 3. The second-order valence-corrected chi connectivity index (χ2v) is 7.29. The number of rotatable bonds is 5. The number of nitrogens with zero attached hydrogens (tertiary/aromatic N) is 3. The van der Waals surface area contributed by atoms with Gasteiger partial charge in [0, 0.05) is 24.3 Å². The van der Waals surface area contributed by atoms with E-state index in [1.807, 2.05) is 0 Å². The van der Waals surface area contributed by atoms with Crippen molar-refractivity contribution < 1.29 is 21.9 Å². The van der Waals surface area contributed by atoms with Crippen molar-refractivity contribution in [3.63, 3.8) is 0 Å². The first-order valence-corrected chi connectivity index (χ1v) is 9.69. The van der Waals surface area contributed by atoms with Gasteiger partial charge < -0.3 is 0 Å². The highest BCUT2D eigenvalue weighted by molar-refractivity contribution is 7.77. The first-order chi connectivity index (χ1) is 14.2. The Morgan fingerprint density at radius 3 is 2.73 bits per heavy atom. The van der Waals surface area contributed by atoms with E-state index >= 15 is 0 Å². The van der Waals surface area contributed by atoms with Crippen LogP contribution in [0, 0.1) is 0 Å². The van der Waals surface area contributed by atoms with E-state index in [9.17, 15) is 22.2 Å². The van der Waals surface area contributed by atoms with Crippen molar-refractivity contribution in [1.29, 1.82) is 0 Å². The lowest BCUT2D eigenvalue weighted by Gasteiger charge is -2.15. The molecule has 0 spiro atoms. The summed E-state index contributed by atoms with van der Waals surface area (Å²) in [6.07, 6.45) is -0.402. The Bertz CT molecular complexity index is 1330. The highest BCUT2D eigenvalue weighted by Crippen LogP contribution is 2.30. The van der Waals surface area contributed by atoms with Gasteiger partial charge in [-0.15, -0.1) is 0 Å². The van der Waals surface area contributed by atoms with E-state index in [0.29, 0.717) is 32.2 Å². The predicted molar refractivity (Wildman–Crippen MR) is 105 cm³/mol. The van der Waals surface area contributed by atoms with Crippen LogP contribution in [0.2, 0.25) is 0 Å². The van der Waals surface area contributed by atoms with Gasteiger partial charge >= 0.3 is 6.18 Å². The quantitative estimate of drug-likeness (QED) is 0.416. The van der Waals surface area contributed by atoms with Crippen molar-refractivity contribution in [1.82, 2.24) is 24.5 Å². The molecule has 3 N–H and O–H groups in total. The van der Waals surface area contributed by atoms with Crippen LogP contribution in [-0.4, -0.2) is 34.7 Å². The average Bonchev–Trinajstić information content (AvgIpc) is 3.19. The van der Waals surface area contributed by atoms with Crippen LogP contribution in [0.4, 0.5) is 13.2 Å². The van der Waals surface area contributed by atoms with Gasteiger partial charge in [0.2, 0.25) is 11.3 Å². The summed E-state index contributed by atoms with van der Waals surface area (Å²) in [6.45, 7) is -1.43. The maximum absolute atomic E-state index is 13.2. The summed E-state index contributed by atoms with van der Waals surface area (Å²) in [6, 6.07) is 6.43. The van der Waals surface area contributed by atoms with E-state index in [0.717, 1.165) is 0 Å². The van der Waals surface area contributed by atoms with Gasteiger partial charge in [-0.3, -0.25) is 24.0 Å². The summed E-state index contributed by atoms with van der Waals surface area (Å²) in [5.41, 5.74) is 1.33. The molecular weight excluding hydrogens is 423 g/mol. The minimum absolute atomic E-state index is 0.0132. The van der Waals surface area contributed by atoms with Crippen LogP contribution < -0.4 is 10.3 Å². The normalized spacial score (nSPS) is 13.2. The third-order valence-corrected chi connectivity index (χ3v) is 5.00. The number of hydrogen-bond acceptors (Lipinski definition) is 4. The molecule has 1 aromatic carbocycles. The molecule has 156 valence electrons.